The van der Waals surface area contributed by atoms with Crippen molar-refractivity contribution in [3.8, 4) is 0 Å². The van der Waals surface area contributed by atoms with Crippen molar-refractivity contribution in [3.63, 3.8) is 0 Å². The summed E-state index contributed by atoms with van der Waals surface area (Å²) in [4.78, 5) is 23.5. The van der Waals surface area contributed by atoms with Gasteiger partial charge in [0.15, 0.2) is 12.4 Å². The second-order valence-electron chi connectivity index (χ2n) is 5.85. The van der Waals surface area contributed by atoms with Crippen molar-refractivity contribution in [1.82, 2.24) is 0 Å². The van der Waals surface area contributed by atoms with Gasteiger partial charge in [0.2, 0.25) is 0 Å². The van der Waals surface area contributed by atoms with E-state index < -0.39 is 5.41 Å². The largest absolute Gasteiger partial charge is 0.457 e. The van der Waals surface area contributed by atoms with E-state index in [9.17, 15) is 9.59 Å². The van der Waals surface area contributed by atoms with Crippen LogP contribution in [0.15, 0.2) is 12.2 Å². The van der Waals surface area contributed by atoms with Crippen LogP contribution in [0.4, 0.5) is 0 Å². The summed E-state index contributed by atoms with van der Waals surface area (Å²) in [5.41, 5.74) is -0.626. The lowest BCUT2D eigenvalue weighted by Crippen LogP contribution is -2.40. The van der Waals surface area contributed by atoms with Gasteiger partial charge in [0, 0.05) is 5.41 Å². The standard InChI is InChI=1S/C14H22O3/c1-10(2)12(16)17-9-11(15)14(5)8-6-7-13(14,3)4/h6-7,10H,8-9H2,1-5H3/t14-/m1/s1. The summed E-state index contributed by atoms with van der Waals surface area (Å²) in [5, 5.41) is 0. The molecule has 0 N–H and O–H groups in total. The molecule has 0 amide bonds. The van der Waals surface area contributed by atoms with Crippen LogP contribution < -0.4 is 0 Å². The summed E-state index contributed by atoms with van der Waals surface area (Å²) in [6.07, 6.45) is 4.81. The van der Waals surface area contributed by atoms with Gasteiger partial charge in [-0.15, -0.1) is 0 Å². The third-order valence-electron chi connectivity index (χ3n) is 3.92. The van der Waals surface area contributed by atoms with Crippen LogP contribution in [-0.2, 0) is 14.3 Å². The van der Waals surface area contributed by atoms with E-state index in [0.29, 0.717) is 0 Å². The number of Topliss-reactive ketones (excluding diaryl/α,β-unsaturated/α-hetero) is 1. The number of carbonyl (C=O) groups is 2. The van der Waals surface area contributed by atoms with Gasteiger partial charge in [0.05, 0.1) is 5.92 Å². The maximum Gasteiger partial charge on any atom is 0.308 e. The Balaban J connectivity index is 2.63. The molecule has 0 bridgehead atoms. The maximum absolute atomic E-state index is 12.2. The topological polar surface area (TPSA) is 43.4 Å². The minimum atomic E-state index is -0.454. The number of hydrogen-bond acceptors (Lipinski definition) is 3. The van der Waals surface area contributed by atoms with Gasteiger partial charge >= 0.3 is 5.97 Å². The van der Waals surface area contributed by atoms with E-state index >= 15 is 0 Å². The minimum Gasteiger partial charge on any atom is -0.457 e. The first-order valence-corrected chi connectivity index (χ1v) is 6.08. The van der Waals surface area contributed by atoms with Gasteiger partial charge in [0.1, 0.15) is 0 Å². The number of rotatable bonds is 4. The van der Waals surface area contributed by atoms with Crippen molar-refractivity contribution < 1.29 is 14.3 Å². The summed E-state index contributed by atoms with van der Waals surface area (Å²) >= 11 is 0. The summed E-state index contributed by atoms with van der Waals surface area (Å²) in [5.74, 6) is -0.502. The van der Waals surface area contributed by atoms with E-state index in [1.54, 1.807) is 13.8 Å². The van der Waals surface area contributed by atoms with Crippen LogP contribution in [0, 0.1) is 16.7 Å². The van der Waals surface area contributed by atoms with Gasteiger partial charge in [-0.25, -0.2) is 0 Å². The molecule has 1 aliphatic rings. The second kappa shape index (κ2) is 4.63. The number of esters is 1. The zero-order valence-corrected chi connectivity index (χ0v) is 11.4. The van der Waals surface area contributed by atoms with Gasteiger partial charge in [-0.1, -0.05) is 46.8 Å². The Bertz CT molecular complexity index is 352. The highest BCUT2D eigenvalue weighted by Crippen LogP contribution is 2.48. The highest BCUT2D eigenvalue weighted by atomic mass is 16.5. The fourth-order valence-corrected chi connectivity index (χ4v) is 1.97. The lowest BCUT2D eigenvalue weighted by molar-refractivity contribution is -0.154. The molecule has 0 heterocycles. The predicted molar refractivity (Wildman–Crippen MR) is 66.4 cm³/mol. The SMILES string of the molecule is CC(C)C(=O)OCC(=O)[C@@]1(C)CC=CC1(C)C. The van der Waals surface area contributed by atoms with Crippen molar-refractivity contribution >= 4 is 11.8 Å². The molecule has 0 aliphatic heterocycles. The first kappa shape index (κ1) is 13.9. The molecule has 0 aromatic carbocycles. The lowest BCUT2D eigenvalue weighted by atomic mass is 9.66. The van der Waals surface area contributed by atoms with Crippen LogP contribution in [-0.4, -0.2) is 18.4 Å². The molecule has 0 saturated heterocycles. The molecule has 96 valence electrons. The molecular weight excluding hydrogens is 216 g/mol. The van der Waals surface area contributed by atoms with Crippen molar-refractivity contribution in [2.75, 3.05) is 6.61 Å². The fraction of sp³-hybridized carbons (Fsp3) is 0.714. The molecule has 17 heavy (non-hydrogen) atoms. The van der Waals surface area contributed by atoms with Crippen molar-refractivity contribution in [2.24, 2.45) is 16.7 Å². The zero-order chi connectivity index (χ0) is 13.3. The number of ketones is 1. The van der Waals surface area contributed by atoms with Crippen LogP contribution in [0.1, 0.15) is 41.0 Å². The van der Waals surface area contributed by atoms with E-state index in [-0.39, 0.29) is 29.7 Å². The third kappa shape index (κ3) is 2.59. The molecule has 0 aromatic heterocycles. The first-order chi connectivity index (χ1) is 7.71. The van der Waals surface area contributed by atoms with Crippen molar-refractivity contribution in [2.45, 2.75) is 41.0 Å². The van der Waals surface area contributed by atoms with Gasteiger partial charge in [-0.2, -0.15) is 0 Å². The van der Waals surface area contributed by atoms with Crippen LogP contribution in [0.5, 0.6) is 0 Å². The lowest BCUT2D eigenvalue weighted by Gasteiger charge is -2.36. The van der Waals surface area contributed by atoms with E-state index in [2.05, 4.69) is 6.08 Å². The zero-order valence-electron chi connectivity index (χ0n) is 11.4. The number of hydrogen-bond donors (Lipinski definition) is 0. The van der Waals surface area contributed by atoms with Crippen LogP contribution in [0.3, 0.4) is 0 Å². The molecule has 3 nitrogen and oxygen atoms in total. The second-order valence-corrected chi connectivity index (χ2v) is 5.85. The van der Waals surface area contributed by atoms with E-state index in [1.165, 1.54) is 0 Å². The van der Waals surface area contributed by atoms with Gasteiger partial charge < -0.3 is 4.74 Å². The minimum absolute atomic E-state index is 0.00139. The molecule has 0 spiro atoms. The Morgan fingerprint density at radius 1 is 1.29 bits per heavy atom. The van der Waals surface area contributed by atoms with Crippen molar-refractivity contribution in [3.05, 3.63) is 12.2 Å². The van der Waals surface area contributed by atoms with E-state index in [0.717, 1.165) is 6.42 Å². The molecule has 1 atom stereocenters. The molecule has 1 rings (SSSR count). The molecule has 1 aliphatic carbocycles. The molecule has 0 aromatic rings. The molecule has 0 radical (unpaired) electrons. The number of ether oxygens (including phenoxy) is 1. The van der Waals surface area contributed by atoms with Gasteiger partial charge in [-0.3, -0.25) is 9.59 Å². The highest BCUT2D eigenvalue weighted by molar-refractivity contribution is 5.89. The smallest absolute Gasteiger partial charge is 0.308 e. The quantitative estimate of drug-likeness (QED) is 0.558. The molecule has 0 fully saturated rings. The van der Waals surface area contributed by atoms with E-state index in [1.807, 2.05) is 26.8 Å². The van der Waals surface area contributed by atoms with Crippen LogP contribution >= 0.6 is 0 Å². The van der Waals surface area contributed by atoms with Crippen LogP contribution in [0.2, 0.25) is 0 Å². The van der Waals surface area contributed by atoms with Gasteiger partial charge in [0.25, 0.3) is 0 Å². The number of carbonyl (C=O) groups excluding carboxylic acids is 2. The Kier molecular flexibility index (Phi) is 3.80. The fourth-order valence-electron chi connectivity index (χ4n) is 1.97. The normalized spacial score (nSPS) is 26.2. The summed E-state index contributed by atoms with van der Waals surface area (Å²) in [6.45, 7) is 9.43. The van der Waals surface area contributed by atoms with Gasteiger partial charge in [-0.05, 0) is 11.8 Å². The number of allylic oxidation sites excluding steroid dienone is 2. The summed E-state index contributed by atoms with van der Waals surface area (Å²) < 4.78 is 5.02. The Morgan fingerprint density at radius 3 is 2.29 bits per heavy atom. The van der Waals surface area contributed by atoms with Crippen molar-refractivity contribution in [1.29, 1.82) is 0 Å². The summed E-state index contributed by atoms with van der Waals surface area (Å²) in [6, 6.07) is 0. The van der Waals surface area contributed by atoms with E-state index in [4.69, 9.17) is 4.74 Å². The first-order valence-electron chi connectivity index (χ1n) is 6.08. The Morgan fingerprint density at radius 2 is 1.88 bits per heavy atom. The molecule has 0 unspecified atom stereocenters. The highest BCUT2D eigenvalue weighted by Gasteiger charge is 2.47. The maximum atomic E-state index is 12.2. The average Bonchev–Trinajstić information content (AvgIpc) is 2.50. The monoisotopic (exact) mass is 238 g/mol. The predicted octanol–water partition coefficient (Wildman–Crippen LogP) is 2.75. The average molecular weight is 238 g/mol. The molecule has 0 saturated carbocycles. The summed E-state index contributed by atoms with van der Waals surface area (Å²) in [7, 11) is 0. The molecule has 3 heteroatoms. The third-order valence-corrected chi connectivity index (χ3v) is 3.92. The van der Waals surface area contributed by atoms with Crippen LogP contribution in [0.25, 0.3) is 0 Å². The molecular formula is C14H22O3. The Hall–Kier alpha value is -1.12. The Labute approximate surface area is 103 Å².